The van der Waals surface area contributed by atoms with E-state index in [1.54, 1.807) is 5.20 Å². The fourth-order valence-corrected chi connectivity index (χ4v) is 2.47. The van der Waals surface area contributed by atoms with Crippen molar-refractivity contribution in [3.8, 4) is 0 Å². The molecule has 9 heavy (non-hydrogen) atoms. The molecule has 0 fully saturated rings. The van der Waals surface area contributed by atoms with Crippen LogP contribution in [-0.2, 0) is 0 Å². The van der Waals surface area contributed by atoms with Crippen molar-refractivity contribution in [1.82, 2.24) is 0 Å². The lowest BCUT2D eigenvalue weighted by Gasteiger charge is -2.09. The van der Waals surface area contributed by atoms with Crippen LogP contribution < -0.4 is 0 Å². The third-order valence-corrected chi connectivity index (χ3v) is 3.25. The van der Waals surface area contributed by atoms with Gasteiger partial charge < -0.3 is 0 Å². The highest BCUT2D eigenvalue weighted by Gasteiger charge is 2.00. The van der Waals surface area contributed by atoms with E-state index in [0.717, 1.165) is 0 Å². The van der Waals surface area contributed by atoms with Crippen LogP contribution in [0.3, 0.4) is 0 Å². The number of hydrogen-bond donors (Lipinski definition) is 0. The summed E-state index contributed by atoms with van der Waals surface area (Å²) in [6.07, 6.45) is 7.97. The quantitative estimate of drug-likeness (QED) is 0.510. The summed E-state index contributed by atoms with van der Waals surface area (Å²) in [6, 6.07) is 0. The van der Waals surface area contributed by atoms with Gasteiger partial charge in [0.25, 0.3) is 0 Å². The molecule has 0 aromatic heterocycles. The molecule has 0 amide bonds. The molecule has 0 heterocycles. The van der Waals surface area contributed by atoms with Gasteiger partial charge in [-0.3, -0.25) is 0 Å². The lowest BCUT2D eigenvalue weighted by atomic mass is 10.1. The van der Waals surface area contributed by atoms with Crippen LogP contribution in [0.1, 0.15) is 25.7 Å². The Labute approximate surface area is 59.5 Å². The van der Waals surface area contributed by atoms with Crippen LogP contribution in [0.15, 0.2) is 23.6 Å². The van der Waals surface area contributed by atoms with Crippen molar-refractivity contribution in [3.63, 3.8) is 0 Å². The second-order valence-corrected chi connectivity index (χ2v) is 4.49. The van der Waals surface area contributed by atoms with Crippen molar-refractivity contribution in [2.45, 2.75) is 25.7 Å². The molecule has 0 radical (unpaired) electrons. The van der Waals surface area contributed by atoms with Crippen molar-refractivity contribution in [2.24, 2.45) is 0 Å². The van der Waals surface area contributed by atoms with Gasteiger partial charge in [0.15, 0.2) is 0 Å². The summed E-state index contributed by atoms with van der Waals surface area (Å²) in [4.78, 5) is 0. The van der Waals surface area contributed by atoms with Crippen LogP contribution in [0, 0.1) is 0 Å². The third-order valence-electron chi connectivity index (χ3n) is 1.79. The highest BCUT2D eigenvalue weighted by Crippen LogP contribution is 2.15. The Morgan fingerprint density at radius 3 is 3.00 bits per heavy atom. The van der Waals surface area contributed by atoms with E-state index in [-0.39, 0.29) is 9.52 Å². The topological polar surface area (TPSA) is 0 Å². The molecule has 0 aromatic carbocycles. The van der Waals surface area contributed by atoms with Crippen LogP contribution in [0.4, 0.5) is 0 Å². The molecule has 1 rings (SSSR count). The first-order valence-electron chi connectivity index (χ1n) is 3.72. The first kappa shape index (κ1) is 6.81. The molecule has 0 nitrogen and oxygen atoms in total. The van der Waals surface area contributed by atoms with Crippen LogP contribution >= 0.6 is 0 Å². The predicted octanol–water partition coefficient (Wildman–Crippen LogP) is 1.76. The molecule has 0 aromatic rings. The molecule has 1 aliphatic carbocycles. The van der Waals surface area contributed by atoms with Gasteiger partial charge in [-0.05, 0) is 25.7 Å². The molecule has 0 saturated carbocycles. The lowest BCUT2D eigenvalue weighted by Crippen LogP contribution is -1.97. The minimum Gasteiger partial charge on any atom is -0.107 e. The summed E-state index contributed by atoms with van der Waals surface area (Å²) >= 11 is 0. The zero-order valence-electron chi connectivity index (χ0n) is 5.90. The highest BCUT2D eigenvalue weighted by atomic mass is 28.2. The van der Waals surface area contributed by atoms with Crippen molar-refractivity contribution in [2.75, 3.05) is 0 Å². The molecule has 0 aliphatic heterocycles. The maximum absolute atomic E-state index is 3.78. The third kappa shape index (κ3) is 2.18. The highest BCUT2D eigenvalue weighted by molar-refractivity contribution is 6.50. The first-order valence-corrected chi connectivity index (χ1v) is 5.24. The van der Waals surface area contributed by atoms with E-state index >= 15 is 0 Å². The molecule has 0 unspecified atom stereocenters. The van der Waals surface area contributed by atoms with Crippen molar-refractivity contribution in [3.05, 3.63) is 23.6 Å². The molecule has 0 saturated heterocycles. The average Bonchev–Trinajstić information content (AvgIpc) is 1.91. The Kier molecular flexibility index (Phi) is 2.78. The van der Waals surface area contributed by atoms with Gasteiger partial charge in [0, 0.05) is 0 Å². The van der Waals surface area contributed by atoms with Gasteiger partial charge in [-0.1, -0.05) is 11.3 Å². The van der Waals surface area contributed by atoms with Crippen LogP contribution in [0.5, 0.6) is 0 Å². The molecule has 0 atom stereocenters. The normalized spacial score (nSPS) is 20.2. The molecule has 1 aliphatic rings. The van der Waals surface area contributed by atoms with Crippen LogP contribution in [0.2, 0.25) is 0 Å². The fourth-order valence-electron chi connectivity index (χ4n) is 1.28. The lowest BCUT2D eigenvalue weighted by molar-refractivity contribution is 0.721. The predicted molar refractivity (Wildman–Crippen MR) is 45.3 cm³/mol. The summed E-state index contributed by atoms with van der Waals surface area (Å²) in [5, 5.41) is 1.73. The van der Waals surface area contributed by atoms with E-state index < -0.39 is 0 Å². The van der Waals surface area contributed by atoms with Gasteiger partial charge in [0.05, 0.1) is 9.52 Å². The second-order valence-electron chi connectivity index (χ2n) is 2.60. The van der Waals surface area contributed by atoms with E-state index in [1.165, 1.54) is 25.7 Å². The summed E-state index contributed by atoms with van der Waals surface area (Å²) in [5.74, 6) is 0. The number of allylic oxidation sites excluding steroid dienone is 2. The van der Waals surface area contributed by atoms with Crippen LogP contribution in [0.25, 0.3) is 0 Å². The molecule has 1 heteroatoms. The van der Waals surface area contributed by atoms with E-state index in [1.807, 2.05) is 0 Å². The zero-order valence-corrected chi connectivity index (χ0v) is 7.31. The van der Waals surface area contributed by atoms with Gasteiger partial charge in [-0.15, -0.1) is 12.3 Å². The van der Waals surface area contributed by atoms with Gasteiger partial charge in [-0.25, -0.2) is 0 Å². The Balaban J connectivity index is 2.36. The SMILES string of the molecule is C=C[SiH2]C1=CCCCC1. The standard InChI is InChI=1S/C8H14Si/c1-2-9-8-6-4-3-5-7-8/h2,6H,1,3-5,7,9H2. The maximum atomic E-state index is 3.78. The van der Waals surface area contributed by atoms with Crippen LogP contribution in [-0.4, -0.2) is 9.52 Å². The van der Waals surface area contributed by atoms with Gasteiger partial charge in [0.2, 0.25) is 0 Å². The minimum atomic E-state index is 0.000926. The van der Waals surface area contributed by atoms with Crippen molar-refractivity contribution in [1.29, 1.82) is 0 Å². The second kappa shape index (κ2) is 3.67. The first-order chi connectivity index (χ1) is 4.43. The molecule has 0 spiro atoms. The zero-order chi connectivity index (χ0) is 6.53. The van der Waals surface area contributed by atoms with E-state index in [2.05, 4.69) is 18.4 Å². The number of hydrogen-bond acceptors (Lipinski definition) is 0. The molecule has 50 valence electrons. The summed E-state index contributed by atoms with van der Waals surface area (Å²) in [7, 11) is 0.000926. The van der Waals surface area contributed by atoms with E-state index in [9.17, 15) is 0 Å². The van der Waals surface area contributed by atoms with Crippen molar-refractivity contribution >= 4 is 9.52 Å². The molecule has 0 bridgehead atoms. The monoisotopic (exact) mass is 138 g/mol. The van der Waals surface area contributed by atoms with Gasteiger partial charge in [0.1, 0.15) is 0 Å². The smallest absolute Gasteiger partial charge is 0.0720 e. The van der Waals surface area contributed by atoms with Gasteiger partial charge >= 0.3 is 0 Å². The number of rotatable bonds is 2. The molecular weight excluding hydrogens is 124 g/mol. The maximum Gasteiger partial charge on any atom is 0.0720 e. The van der Waals surface area contributed by atoms with E-state index in [0.29, 0.717) is 0 Å². The van der Waals surface area contributed by atoms with Crippen molar-refractivity contribution < 1.29 is 0 Å². The Bertz CT molecular complexity index is 125. The summed E-state index contributed by atoms with van der Waals surface area (Å²) in [5.41, 5.74) is 2.14. The Morgan fingerprint density at radius 2 is 2.44 bits per heavy atom. The fraction of sp³-hybridized carbons (Fsp3) is 0.500. The Hall–Kier alpha value is -0.303. The minimum absolute atomic E-state index is 0.000926. The molecule has 0 N–H and O–H groups in total. The Morgan fingerprint density at radius 1 is 1.56 bits per heavy atom. The molecular formula is C8H14Si. The van der Waals surface area contributed by atoms with Gasteiger partial charge in [-0.2, -0.15) is 0 Å². The summed E-state index contributed by atoms with van der Waals surface area (Å²) in [6.45, 7) is 3.78. The van der Waals surface area contributed by atoms with E-state index in [4.69, 9.17) is 0 Å². The summed E-state index contributed by atoms with van der Waals surface area (Å²) < 4.78 is 0. The average molecular weight is 138 g/mol. The largest absolute Gasteiger partial charge is 0.107 e.